The van der Waals surface area contributed by atoms with Gasteiger partial charge in [0.1, 0.15) is 5.75 Å². The second-order valence-electron chi connectivity index (χ2n) is 5.58. The van der Waals surface area contributed by atoms with Crippen molar-refractivity contribution in [1.29, 1.82) is 0 Å². The highest BCUT2D eigenvalue weighted by Crippen LogP contribution is 2.30. The summed E-state index contributed by atoms with van der Waals surface area (Å²) in [7, 11) is 0. The van der Waals surface area contributed by atoms with Crippen molar-refractivity contribution in [3.8, 4) is 17.2 Å². The summed E-state index contributed by atoms with van der Waals surface area (Å²) in [5, 5.41) is 13.8. The van der Waals surface area contributed by atoms with E-state index < -0.39 is 0 Å². The van der Waals surface area contributed by atoms with Gasteiger partial charge in [0.05, 0.1) is 11.7 Å². The minimum absolute atomic E-state index is 0.0267. The summed E-state index contributed by atoms with van der Waals surface area (Å²) in [5.41, 5.74) is 6.61. The first kappa shape index (κ1) is 12.6. The molecule has 0 aliphatic carbocycles. The van der Waals surface area contributed by atoms with Gasteiger partial charge in [0.15, 0.2) is 5.82 Å². The molecule has 1 aromatic heterocycles. The molecule has 0 amide bonds. The molecule has 4 heterocycles. The second kappa shape index (κ2) is 4.71. The number of nitrogens with two attached hydrogens (primary N) is 1. The Kier molecular flexibility index (Phi) is 2.83. The van der Waals surface area contributed by atoms with Crippen LogP contribution >= 0.6 is 0 Å². The highest BCUT2D eigenvalue weighted by atomic mass is 16.5. The number of aromatic hydroxyl groups is 1. The number of phenols is 1. The van der Waals surface area contributed by atoms with E-state index >= 15 is 0 Å². The van der Waals surface area contributed by atoms with Gasteiger partial charge in [0.2, 0.25) is 0 Å². The number of nitrogens with zero attached hydrogens (tertiary/aromatic N) is 4. The van der Waals surface area contributed by atoms with Crippen molar-refractivity contribution in [3.63, 3.8) is 0 Å². The molecule has 3 N–H and O–H groups in total. The number of anilines is 1. The molecule has 2 aromatic rings. The molecule has 0 saturated carbocycles. The van der Waals surface area contributed by atoms with E-state index in [1.165, 1.54) is 0 Å². The molecular weight excluding hydrogens is 270 g/mol. The Morgan fingerprint density at radius 2 is 2.05 bits per heavy atom. The summed E-state index contributed by atoms with van der Waals surface area (Å²) in [6.07, 6.45) is 0. The van der Waals surface area contributed by atoms with Gasteiger partial charge in [-0.15, -0.1) is 0 Å². The number of phenolic OH excluding ortho intramolecular Hbond substituents is 1. The molecule has 0 radical (unpaired) electrons. The molecule has 7 nitrogen and oxygen atoms in total. The van der Waals surface area contributed by atoms with Crippen LogP contribution in [-0.4, -0.2) is 57.8 Å². The van der Waals surface area contributed by atoms with Crippen molar-refractivity contribution in [2.24, 2.45) is 0 Å². The third kappa shape index (κ3) is 2.14. The van der Waals surface area contributed by atoms with Crippen LogP contribution in [0.25, 0.3) is 11.5 Å². The topological polar surface area (TPSA) is 91.7 Å². The normalized spacial score (nSPS) is 27.9. The highest BCUT2D eigenvalue weighted by molar-refractivity contribution is 5.63. The minimum atomic E-state index is 0.0267. The molecule has 3 aliphatic heterocycles. The van der Waals surface area contributed by atoms with E-state index in [1.54, 1.807) is 18.2 Å². The number of rotatable bonds is 2. The highest BCUT2D eigenvalue weighted by Gasteiger charge is 2.35. The van der Waals surface area contributed by atoms with Crippen LogP contribution in [-0.2, 0) is 0 Å². The SMILES string of the molecule is Nc1ccc(-c2nc(C3CN4CCN3CC4)no2)cc1O. The van der Waals surface area contributed by atoms with Crippen LogP contribution in [0.2, 0.25) is 0 Å². The van der Waals surface area contributed by atoms with Gasteiger partial charge in [-0.3, -0.25) is 9.80 Å². The zero-order valence-electron chi connectivity index (χ0n) is 11.6. The van der Waals surface area contributed by atoms with Crippen LogP contribution in [0.3, 0.4) is 0 Å². The predicted molar refractivity (Wildman–Crippen MR) is 76.6 cm³/mol. The molecule has 7 heteroatoms. The van der Waals surface area contributed by atoms with Crippen LogP contribution in [0.5, 0.6) is 5.75 Å². The first-order chi connectivity index (χ1) is 10.2. The number of fused-ring (bicyclic) bond motifs is 3. The molecule has 3 aliphatic rings. The maximum atomic E-state index is 9.67. The quantitative estimate of drug-likeness (QED) is 0.620. The van der Waals surface area contributed by atoms with Crippen molar-refractivity contribution >= 4 is 5.69 Å². The van der Waals surface area contributed by atoms with Crippen molar-refractivity contribution in [3.05, 3.63) is 24.0 Å². The lowest BCUT2D eigenvalue weighted by atomic mass is 10.1. The molecule has 2 bridgehead atoms. The van der Waals surface area contributed by atoms with Crippen LogP contribution in [0.15, 0.2) is 22.7 Å². The molecule has 3 saturated heterocycles. The van der Waals surface area contributed by atoms with E-state index in [2.05, 4.69) is 19.9 Å². The molecule has 0 spiro atoms. The average molecular weight is 287 g/mol. The summed E-state index contributed by atoms with van der Waals surface area (Å²) in [5.74, 6) is 1.16. The van der Waals surface area contributed by atoms with E-state index in [-0.39, 0.29) is 11.8 Å². The fourth-order valence-corrected chi connectivity index (χ4v) is 3.03. The lowest BCUT2D eigenvalue weighted by molar-refractivity contribution is 0.00781. The first-order valence-corrected chi connectivity index (χ1v) is 7.09. The average Bonchev–Trinajstić information content (AvgIpc) is 3.01. The largest absolute Gasteiger partial charge is 0.506 e. The van der Waals surface area contributed by atoms with Crippen LogP contribution in [0.1, 0.15) is 11.9 Å². The van der Waals surface area contributed by atoms with Gasteiger partial charge >= 0.3 is 0 Å². The fourth-order valence-electron chi connectivity index (χ4n) is 3.03. The standard InChI is InChI=1S/C14H17N5O2/c15-10-2-1-9(7-12(10)20)14-16-13(17-21-14)11-8-18-3-5-19(11)6-4-18/h1-2,7,11,20H,3-6,8,15H2. The van der Waals surface area contributed by atoms with Crippen molar-refractivity contribution < 1.29 is 9.63 Å². The maximum Gasteiger partial charge on any atom is 0.258 e. The van der Waals surface area contributed by atoms with Gasteiger partial charge in [0.25, 0.3) is 5.89 Å². The summed E-state index contributed by atoms with van der Waals surface area (Å²) < 4.78 is 5.35. The fraction of sp³-hybridized carbons (Fsp3) is 0.429. The molecule has 1 unspecified atom stereocenters. The lowest BCUT2D eigenvalue weighted by Crippen LogP contribution is -2.57. The van der Waals surface area contributed by atoms with E-state index in [9.17, 15) is 5.11 Å². The minimum Gasteiger partial charge on any atom is -0.506 e. The van der Waals surface area contributed by atoms with E-state index in [0.29, 0.717) is 23.0 Å². The van der Waals surface area contributed by atoms with Crippen molar-refractivity contribution in [1.82, 2.24) is 19.9 Å². The van der Waals surface area contributed by atoms with Crippen LogP contribution in [0, 0.1) is 0 Å². The number of hydrogen-bond acceptors (Lipinski definition) is 7. The van der Waals surface area contributed by atoms with Gasteiger partial charge in [-0.1, -0.05) is 5.16 Å². The van der Waals surface area contributed by atoms with Gasteiger partial charge in [-0.2, -0.15) is 4.98 Å². The summed E-state index contributed by atoms with van der Waals surface area (Å²) in [4.78, 5) is 9.32. The van der Waals surface area contributed by atoms with Crippen molar-refractivity contribution in [2.75, 3.05) is 38.5 Å². The Morgan fingerprint density at radius 3 is 2.71 bits per heavy atom. The number of benzene rings is 1. The summed E-state index contributed by atoms with van der Waals surface area (Å²) in [6, 6.07) is 5.14. The Morgan fingerprint density at radius 1 is 1.24 bits per heavy atom. The summed E-state index contributed by atoms with van der Waals surface area (Å²) in [6.45, 7) is 5.29. The maximum absolute atomic E-state index is 9.67. The predicted octanol–water partition coefficient (Wildman–Crippen LogP) is 0.697. The van der Waals surface area contributed by atoms with Gasteiger partial charge in [-0.05, 0) is 18.2 Å². The summed E-state index contributed by atoms with van der Waals surface area (Å²) >= 11 is 0. The molecule has 3 fully saturated rings. The van der Waals surface area contributed by atoms with Crippen molar-refractivity contribution in [2.45, 2.75) is 6.04 Å². The molecule has 110 valence electrons. The van der Waals surface area contributed by atoms with E-state index in [1.807, 2.05) is 0 Å². The molecule has 1 aromatic carbocycles. The number of nitrogen functional groups attached to an aromatic ring is 1. The zero-order valence-corrected chi connectivity index (χ0v) is 11.6. The number of hydrogen-bond donors (Lipinski definition) is 2. The smallest absolute Gasteiger partial charge is 0.258 e. The molecule has 5 rings (SSSR count). The Bertz CT molecular complexity index is 663. The van der Waals surface area contributed by atoms with E-state index in [4.69, 9.17) is 10.3 Å². The Labute approximate surface area is 122 Å². The van der Waals surface area contributed by atoms with E-state index in [0.717, 1.165) is 32.7 Å². The third-order valence-electron chi connectivity index (χ3n) is 4.30. The van der Waals surface area contributed by atoms with Gasteiger partial charge in [-0.25, -0.2) is 0 Å². The van der Waals surface area contributed by atoms with Gasteiger partial charge in [0, 0.05) is 38.3 Å². The Hall–Kier alpha value is -2.12. The number of piperazine rings is 3. The van der Waals surface area contributed by atoms with Crippen LogP contribution in [0.4, 0.5) is 5.69 Å². The molecule has 21 heavy (non-hydrogen) atoms. The Balaban J connectivity index is 1.62. The zero-order chi connectivity index (χ0) is 14.4. The first-order valence-electron chi connectivity index (χ1n) is 7.09. The second-order valence-corrected chi connectivity index (χ2v) is 5.58. The monoisotopic (exact) mass is 287 g/mol. The lowest BCUT2D eigenvalue weighted by Gasteiger charge is -2.46. The molecular formula is C14H17N5O2. The number of aromatic nitrogens is 2. The van der Waals surface area contributed by atoms with Crippen LogP contribution < -0.4 is 5.73 Å². The third-order valence-corrected chi connectivity index (χ3v) is 4.30. The molecule has 1 atom stereocenters. The van der Waals surface area contributed by atoms with Gasteiger partial charge < -0.3 is 15.4 Å².